The molecule has 17 heavy (non-hydrogen) atoms. The van der Waals surface area contributed by atoms with Gasteiger partial charge >= 0.3 is 0 Å². The van der Waals surface area contributed by atoms with E-state index in [0.29, 0.717) is 12.0 Å². The molecule has 0 saturated heterocycles. The van der Waals surface area contributed by atoms with Gasteiger partial charge in [0.1, 0.15) is 0 Å². The second kappa shape index (κ2) is 5.95. The Hall–Kier alpha value is -1.18. The zero-order chi connectivity index (χ0) is 13.0. The SMILES string of the molecule is CCC(Nc1ccc(N(C)C)cc1C)C(C)C. The summed E-state index contributed by atoms with van der Waals surface area (Å²) in [7, 11) is 4.15. The molecule has 1 rings (SSSR count). The standard InChI is InChI=1S/C15H26N2/c1-7-14(11(2)3)16-15-9-8-13(17(5)6)10-12(15)4/h8-11,14,16H,7H2,1-6H3. The van der Waals surface area contributed by atoms with E-state index >= 15 is 0 Å². The summed E-state index contributed by atoms with van der Waals surface area (Å²) in [4.78, 5) is 2.14. The molecule has 0 amide bonds. The van der Waals surface area contributed by atoms with Crippen molar-refractivity contribution in [1.82, 2.24) is 0 Å². The van der Waals surface area contributed by atoms with Crippen molar-refractivity contribution in [3.05, 3.63) is 23.8 Å². The van der Waals surface area contributed by atoms with Gasteiger partial charge in [-0.25, -0.2) is 0 Å². The van der Waals surface area contributed by atoms with E-state index < -0.39 is 0 Å². The molecule has 0 radical (unpaired) electrons. The minimum absolute atomic E-state index is 0.555. The number of aryl methyl sites for hydroxylation is 1. The van der Waals surface area contributed by atoms with Crippen molar-refractivity contribution in [1.29, 1.82) is 0 Å². The predicted molar refractivity (Wildman–Crippen MR) is 78.0 cm³/mol. The van der Waals surface area contributed by atoms with Crippen LogP contribution in [0.5, 0.6) is 0 Å². The molecule has 2 nitrogen and oxygen atoms in total. The first kappa shape index (κ1) is 13.9. The molecular formula is C15H26N2. The second-order valence-corrected chi connectivity index (χ2v) is 5.30. The topological polar surface area (TPSA) is 15.3 Å². The van der Waals surface area contributed by atoms with Crippen LogP contribution in [-0.4, -0.2) is 20.1 Å². The van der Waals surface area contributed by atoms with Gasteiger partial charge in [-0.2, -0.15) is 0 Å². The first-order valence-electron chi connectivity index (χ1n) is 6.50. The van der Waals surface area contributed by atoms with Crippen molar-refractivity contribution in [2.24, 2.45) is 5.92 Å². The van der Waals surface area contributed by atoms with Gasteiger partial charge in [0.05, 0.1) is 0 Å². The van der Waals surface area contributed by atoms with E-state index in [1.807, 2.05) is 0 Å². The van der Waals surface area contributed by atoms with Gasteiger partial charge < -0.3 is 10.2 Å². The van der Waals surface area contributed by atoms with Crippen LogP contribution in [0.2, 0.25) is 0 Å². The van der Waals surface area contributed by atoms with E-state index in [2.05, 4.69) is 70.2 Å². The fraction of sp³-hybridized carbons (Fsp3) is 0.600. The summed E-state index contributed by atoms with van der Waals surface area (Å²) in [6, 6.07) is 7.15. The Balaban J connectivity index is 2.85. The molecule has 0 spiro atoms. The van der Waals surface area contributed by atoms with E-state index in [0.717, 1.165) is 6.42 Å². The van der Waals surface area contributed by atoms with E-state index in [4.69, 9.17) is 0 Å². The molecule has 0 fully saturated rings. The van der Waals surface area contributed by atoms with Gasteiger partial charge in [0.2, 0.25) is 0 Å². The zero-order valence-corrected chi connectivity index (χ0v) is 12.0. The van der Waals surface area contributed by atoms with Crippen LogP contribution in [0.15, 0.2) is 18.2 Å². The Morgan fingerprint density at radius 1 is 1.24 bits per heavy atom. The van der Waals surface area contributed by atoms with Crippen molar-refractivity contribution in [2.45, 2.75) is 40.2 Å². The summed E-state index contributed by atoms with van der Waals surface area (Å²) in [5.41, 5.74) is 3.83. The van der Waals surface area contributed by atoms with Gasteiger partial charge in [0, 0.05) is 31.5 Å². The largest absolute Gasteiger partial charge is 0.382 e. The van der Waals surface area contributed by atoms with E-state index in [9.17, 15) is 0 Å². The summed E-state index contributed by atoms with van der Waals surface area (Å²) in [5.74, 6) is 0.660. The lowest BCUT2D eigenvalue weighted by Crippen LogP contribution is -2.25. The van der Waals surface area contributed by atoms with Crippen molar-refractivity contribution in [3.63, 3.8) is 0 Å². The lowest BCUT2D eigenvalue weighted by Gasteiger charge is -2.24. The highest BCUT2D eigenvalue weighted by Gasteiger charge is 2.11. The third-order valence-electron chi connectivity index (χ3n) is 3.31. The number of rotatable bonds is 5. The summed E-state index contributed by atoms with van der Waals surface area (Å²) in [6.45, 7) is 8.94. The molecule has 0 saturated carbocycles. The van der Waals surface area contributed by atoms with Crippen LogP contribution >= 0.6 is 0 Å². The van der Waals surface area contributed by atoms with Crippen LogP contribution in [0, 0.1) is 12.8 Å². The molecular weight excluding hydrogens is 208 g/mol. The molecule has 0 aliphatic rings. The Kier molecular flexibility index (Phi) is 4.86. The van der Waals surface area contributed by atoms with Gasteiger partial charge in [-0.1, -0.05) is 20.8 Å². The molecule has 2 heteroatoms. The monoisotopic (exact) mass is 234 g/mol. The molecule has 1 aromatic rings. The number of benzene rings is 1. The highest BCUT2D eigenvalue weighted by molar-refractivity contribution is 5.60. The van der Waals surface area contributed by atoms with Crippen molar-refractivity contribution >= 4 is 11.4 Å². The van der Waals surface area contributed by atoms with Crippen molar-refractivity contribution in [2.75, 3.05) is 24.3 Å². The van der Waals surface area contributed by atoms with Crippen molar-refractivity contribution in [3.8, 4) is 0 Å². The molecule has 0 aliphatic heterocycles. The first-order chi connectivity index (χ1) is 7.95. The Bertz CT molecular complexity index is 356. The van der Waals surface area contributed by atoms with E-state index in [1.54, 1.807) is 0 Å². The highest BCUT2D eigenvalue weighted by Crippen LogP contribution is 2.23. The zero-order valence-electron chi connectivity index (χ0n) is 12.0. The Labute approximate surface area is 106 Å². The van der Waals surface area contributed by atoms with Gasteiger partial charge in [-0.3, -0.25) is 0 Å². The third kappa shape index (κ3) is 3.65. The summed E-state index contributed by atoms with van der Waals surface area (Å²) < 4.78 is 0. The van der Waals surface area contributed by atoms with Crippen LogP contribution in [0.25, 0.3) is 0 Å². The fourth-order valence-electron chi connectivity index (χ4n) is 2.03. The number of nitrogens with one attached hydrogen (secondary N) is 1. The van der Waals surface area contributed by atoms with Crippen LogP contribution in [0.3, 0.4) is 0 Å². The van der Waals surface area contributed by atoms with Gasteiger partial charge in [-0.05, 0) is 43.0 Å². The minimum Gasteiger partial charge on any atom is -0.382 e. The maximum absolute atomic E-state index is 3.64. The Morgan fingerprint density at radius 3 is 2.29 bits per heavy atom. The molecule has 0 heterocycles. The number of hydrogen-bond donors (Lipinski definition) is 1. The average Bonchev–Trinajstić information content (AvgIpc) is 2.26. The van der Waals surface area contributed by atoms with Gasteiger partial charge in [-0.15, -0.1) is 0 Å². The predicted octanol–water partition coefficient (Wildman–Crippen LogP) is 3.91. The lowest BCUT2D eigenvalue weighted by molar-refractivity contribution is 0.511. The van der Waals surface area contributed by atoms with Crippen molar-refractivity contribution < 1.29 is 0 Å². The molecule has 1 aromatic carbocycles. The molecule has 0 aliphatic carbocycles. The van der Waals surface area contributed by atoms with Crippen LogP contribution in [0.1, 0.15) is 32.8 Å². The number of nitrogens with zero attached hydrogens (tertiary/aromatic N) is 1. The third-order valence-corrected chi connectivity index (χ3v) is 3.31. The highest BCUT2D eigenvalue weighted by atomic mass is 15.1. The van der Waals surface area contributed by atoms with Crippen LogP contribution in [-0.2, 0) is 0 Å². The van der Waals surface area contributed by atoms with E-state index in [1.165, 1.54) is 16.9 Å². The molecule has 0 aromatic heterocycles. The number of hydrogen-bond acceptors (Lipinski definition) is 2. The minimum atomic E-state index is 0.555. The summed E-state index contributed by atoms with van der Waals surface area (Å²) in [5, 5.41) is 3.64. The fourth-order valence-corrected chi connectivity index (χ4v) is 2.03. The first-order valence-corrected chi connectivity index (χ1v) is 6.50. The molecule has 1 atom stereocenters. The normalized spacial score (nSPS) is 12.6. The summed E-state index contributed by atoms with van der Waals surface area (Å²) in [6.07, 6.45) is 1.16. The van der Waals surface area contributed by atoms with E-state index in [-0.39, 0.29) is 0 Å². The molecule has 1 N–H and O–H groups in total. The average molecular weight is 234 g/mol. The van der Waals surface area contributed by atoms with Gasteiger partial charge in [0.25, 0.3) is 0 Å². The number of anilines is 2. The maximum Gasteiger partial charge on any atom is 0.0373 e. The van der Waals surface area contributed by atoms with Crippen LogP contribution < -0.4 is 10.2 Å². The molecule has 96 valence electrons. The maximum atomic E-state index is 3.64. The Morgan fingerprint density at radius 2 is 1.88 bits per heavy atom. The second-order valence-electron chi connectivity index (χ2n) is 5.30. The quantitative estimate of drug-likeness (QED) is 0.831. The molecule has 0 bridgehead atoms. The van der Waals surface area contributed by atoms with Gasteiger partial charge in [0.15, 0.2) is 0 Å². The van der Waals surface area contributed by atoms with Crippen LogP contribution in [0.4, 0.5) is 11.4 Å². The lowest BCUT2D eigenvalue weighted by atomic mass is 10.0. The summed E-state index contributed by atoms with van der Waals surface area (Å²) >= 11 is 0. The molecule has 1 unspecified atom stereocenters. The smallest absolute Gasteiger partial charge is 0.0373 e.